The van der Waals surface area contributed by atoms with Crippen LogP contribution in [0.25, 0.3) is 0 Å². The monoisotopic (exact) mass is 395 g/mol. The van der Waals surface area contributed by atoms with Gasteiger partial charge in [-0.2, -0.15) is 0 Å². The zero-order valence-electron chi connectivity index (χ0n) is 15.6. The van der Waals surface area contributed by atoms with Crippen LogP contribution in [0.5, 0.6) is 0 Å². The van der Waals surface area contributed by atoms with Gasteiger partial charge in [0, 0.05) is 21.9 Å². The maximum atomic E-state index is 13.0. The first-order valence-electron chi connectivity index (χ1n) is 9.53. The first-order valence-corrected chi connectivity index (χ1v) is 10.3. The minimum Gasteiger partial charge on any atom is -0.256 e. The van der Waals surface area contributed by atoms with Crippen LogP contribution in [0.2, 0.25) is 0 Å². The van der Waals surface area contributed by atoms with E-state index in [0.29, 0.717) is 0 Å². The van der Waals surface area contributed by atoms with Crippen molar-refractivity contribution in [3.05, 3.63) is 125 Å². The molecule has 1 aliphatic heterocycles. The molecule has 0 spiro atoms. The highest BCUT2D eigenvalue weighted by Gasteiger charge is 2.26. The molecule has 3 heteroatoms. The van der Waals surface area contributed by atoms with Crippen molar-refractivity contribution in [3.63, 3.8) is 0 Å². The van der Waals surface area contributed by atoms with Crippen LogP contribution in [0.1, 0.15) is 28.2 Å². The Morgan fingerprint density at radius 2 is 1.28 bits per heavy atom. The van der Waals surface area contributed by atoms with E-state index in [9.17, 15) is 4.39 Å². The fourth-order valence-electron chi connectivity index (χ4n) is 3.72. The van der Waals surface area contributed by atoms with Gasteiger partial charge in [-0.1, -0.05) is 72.4 Å². The molecule has 1 heterocycles. The van der Waals surface area contributed by atoms with Gasteiger partial charge in [-0.3, -0.25) is 4.99 Å². The zero-order chi connectivity index (χ0) is 19.6. The average Bonchev–Trinajstić information content (AvgIpc) is 2.77. The molecule has 29 heavy (non-hydrogen) atoms. The summed E-state index contributed by atoms with van der Waals surface area (Å²) in [6.45, 7) is 0. The van der Waals surface area contributed by atoms with E-state index in [-0.39, 0.29) is 11.7 Å². The molecule has 0 unspecified atom stereocenters. The van der Waals surface area contributed by atoms with Crippen LogP contribution in [0.4, 0.5) is 10.1 Å². The number of aliphatic imine (C=N–C) groups is 1. The molecule has 0 N–H and O–H groups in total. The third-order valence-electron chi connectivity index (χ3n) is 5.14. The predicted molar refractivity (Wildman–Crippen MR) is 118 cm³/mol. The fourth-order valence-corrected chi connectivity index (χ4v) is 4.86. The second kappa shape index (κ2) is 7.69. The van der Waals surface area contributed by atoms with Gasteiger partial charge in [-0.25, -0.2) is 4.39 Å². The van der Waals surface area contributed by atoms with E-state index in [1.165, 1.54) is 38.6 Å². The number of hydrogen-bond acceptors (Lipinski definition) is 2. The molecule has 1 aliphatic rings. The Morgan fingerprint density at radius 1 is 0.690 bits per heavy atom. The van der Waals surface area contributed by atoms with E-state index in [2.05, 4.69) is 65.7 Å². The van der Waals surface area contributed by atoms with Crippen LogP contribution >= 0.6 is 11.8 Å². The molecule has 4 aromatic rings. The molecule has 1 nitrogen and oxygen atoms in total. The third kappa shape index (κ3) is 3.62. The molecular formula is C26H18FNS. The van der Waals surface area contributed by atoms with Crippen LogP contribution in [0, 0.1) is 5.82 Å². The topological polar surface area (TPSA) is 12.4 Å². The van der Waals surface area contributed by atoms with Gasteiger partial charge in [0.25, 0.3) is 0 Å². The smallest absolute Gasteiger partial charge is 0.123 e. The maximum Gasteiger partial charge on any atom is 0.123 e. The maximum absolute atomic E-state index is 13.0. The summed E-state index contributed by atoms with van der Waals surface area (Å²) < 4.78 is 13.0. The summed E-state index contributed by atoms with van der Waals surface area (Å²) in [6.07, 6.45) is 1.76. The lowest BCUT2D eigenvalue weighted by atomic mass is 9.84. The van der Waals surface area contributed by atoms with Crippen LogP contribution in [0.15, 0.2) is 112 Å². The second-order valence-corrected chi connectivity index (χ2v) is 8.10. The van der Waals surface area contributed by atoms with Crippen LogP contribution in [-0.4, -0.2) is 6.21 Å². The first kappa shape index (κ1) is 17.9. The second-order valence-electron chi connectivity index (χ2n) is 7.01. The molecule has 0 amide bonds. The molecular weight excluding hydrogens is 377 g/mol. The van der Waals surface area contributed by atoms with Gasteiger partial charge in [0.1, 0.15) is 5.82 Å². The lowest BCUT2D eigenvalue weighted by molar-refractivity contribution is 0.628. The Labute approximate surface area is 174 Å². The lowest BCUT2D eigenvalue weighted by Crippen LogP contribution is -2.09. The molecule has 0 aromatic heterocycles. The van der Waals surface area contributed by atoms with Crippen molar-refractivity contribution in [1.82, 2.24) is 0 Å². The Morgan fingerprint density at radius 3 is 1.90 bits per heavy atom. The molecule has 0 fully saturated rings. The Bertz CT molecular complexity index is 1130. The Balaban J connectivity index is 1.48. The highest BCUT2D eigenvalue weighted by Crippen LogP contribution is 2.48. The van der Waals surface area contributed by atoms with Gasteiger partial charge in [-0.15, -0.1) is 0 Å². The van der Waals surface area contributed by atoms with E-state index in [0.717, 1.165) is 11.3 Å². The van der Waals surface area contributed by atoms with Crippen molar-refractivity contribution in [2.75, 3.05) is 0 Å². The molecule has 0 aliphatic carbocycles. The Kier molecular flexibility index (Phi) is 4.74. The third-order valence-corrected chi connectivity index (χ3v) is 6.32. The molecule has 0 radical (unpaired) electrons. The van der Waals surface area contributed by atoms with Crippen molar-refractivity contribution in [2.24, 2.45) is 4.99 Å². The molecule has 0 atom stereocenters. The Hall–Kier alpha value is -3.17. The summed E-state index contributed by atoms with van der Waals surface area (Å²) in [4.78, 5) is 7.16. The highest BCUT2D eigenvalue weighted by atomic mass is 32.2. The van der Waals surface area contributed by atoms with E-state index < -0.39 is 0 Å². The van der Waals surface area contributed by atoms with Crippen molar-refractivity contribution in [3.8, 4) is 0 Å². The minimum absolute atomic E-state index is 0.221. The standard InChI is InChI=1S/C26H18FNS/c27-20-13-9-18(10-14-20)17-28-21-15-11-19(12-16-21)26-22-5-1-3-7-24(22)29-25-8-4-2-6-23(25)26/h1-17,26H. The number of hydrogen-bond donors (Lipinski definition) is 0. The van der Waals surface area contributed by atoms with Crippen LogP contribution < -0.4 is 0 Å². The van der Waals surface area contributed by atoms with Crippen molar-refractivity contribution in [1.29, 1.82) is 0 Å². The predicted octanol–water partition coefficient (Wildman–Crippen LogP) is 7.22. The van der Waals surface area contributed by atoms with Crippen molar-refractivity contribution in [2.45, 2.75) is 15.7 Å². The summed E-state index contributed by atoms with van der Waals surface area (Å²) in [7, 11) is 0. The van der Waals surface area contributed by atoms with E-state index in [4.69, 9.17) is 0 Å². The number of nitrogens with zero attached hydrogens (tertiary/aromatic N) is 1. The van der Waals surface area contributed by atoms with E-state index in [1.807, 2.05) is 23.9 Å². The zero-order valence-corrected chi connectivity index (χ0v) is 16.4. The first-order chi connectivity index (χ1) is 14.3. The number of benzene rings is 4. The molecule has 4 aromatic carbocycles. The van der Waals surface area contributed by atoms with Crippen LogP contribution in [-0.2, 0) is 0 Å². The van der Waals surface area contributed by atoms with E-state index in [1.54, 1.807) is 18.3 Å². The average molecular weight is 396 g/mol. The summed E-state index contributed by atoms with van der Waals surface area (Å²) in [5.41, 5.74) is 5.70. The van der Waals surface area contributed by atoms with Gasteiger partial charge >= 0.3 is 0 Å². The fraction of sp³-hybridized carbons (Fsp3) is 0.0385. The van der Waals surface area contributed by atoms with Gasteiger partial charge < -0.3 is 0 Å². The molecule has 0 bridgehead atoms. The molecule has 140 valence electrons. The van der Waals surface area contributed by atoms with Gasteiger partial charge in [-0.05, 0) is 58.7 Å². The lowest BCUT2D eigenvalue weighted by Gasteiger charge is -2.28. The van der Waals surface area contributed by atoms with Crippen LogP contribution in [0.3, 0.4) is 0 Å². The quantitative estimate of drug-likeness (QED) is 0.294. The highest BCUT2D eigenvalue weighted by molar-refractivity contribution is 7.99. The summed E-state index contributed by atoms with van der Waals surface area (Å²) in [5.74, 6) is -0.0171. The molecule has 0 saturated carbocycles. The summed E-state index contributed by atoms with van der Waals surface area (Å²) in [6, 6.07) is 32.0. The number of fused-ring (bicyclic) bond motifs is 2. The minimum atomic E-state index is -0.238. The summed E-state index contributed by atoms with van der Waals surface area (Å²) >= 11 is 1.84. The van der Waals surface area contributed by atoms with Crippen molar-refractivity contribution < 1.29 is 4.39 Å². The molecule has 0 saturated heterocycles. The van der Waals surface area contributed by atoms with Gasteiger partial charge in [0.2, 0.25) is 0 Å². The van der Waals surface area contributed by atoms with Gasteiger partial charge in [0.15, 0.2) is 0 Å². The number of rotatable bonds is 3. The number of halogens is 1. The van der Waals surface area contributed by atoms with E-state index >= 15 is 0 Å². The normalized spacial score (nSPS) is 13.3. The van der Waals surface area contributed by atoms with Gasteiger partial charge in [0.05, 0.1) is 5.69 Å². The SMILES string of the molecule is Fc1ccc(C=Nc2ccc(C3c4ccccc4Sc4ccccc43)cc2)cc1. The summed E-state index contributed by atoms with van der Waals surface area (Å²) in [5, 5.41) is 0. The largest absolute Gasteiger partial charge is 0.256 e. The van der Waals surface area contributed by atoms with Crippen molar-refractivity contribution >= 4 is 23.7 Å². The molecule has 5 rings (SSSR count).